The molecule has 0 saturated heterocycles. The maximum absolute atomic E-state index is 13.1. The maximum Gasteiger partial charge on any atom is 0.215 e. The van der Waals surface area contributed by atoms with Crippen molar-refractivity contribution in [3.8, 4) is 5.75 Å². The molecule has 0 atom stereocenters. The Bertz CT molecular complexity index is 601. The summed E-state index contributed by atoms with van der Waals surface area (Å²) in [6, 6.07) is 13.5. The minimum atomic E-state index is -0.390. The highest BCUT2D eigenvalue weighted by Gasteiger charge is 2.05. The molecule has 2 aromatic rings. The number of rotatable bonds is 3. The number of nitrogens with one attached hydrogen (secondary N) is 2. The molecule has 0 unspecified atom stereocenters. The average molecular weight is 274 g/mol. The van der Waals surface area contributed by atoms with Gasteiger partial charge >= 0.3 is 0 Å². The van der Waals surface area contributed by atoms with Gasteiger partial charge < -0.3 is 10.1 Å². The van der Waals surface area contributed by atoms with Crippen LogP contribution in [0.5, 0.6) is 5.75 Å². The zero-order valence-corrected chi connectivity index (χ0v) is 10.9. The smallest absolute Gasteiger partial charge is 0.215 e. The summed E-state index contributed by atoms with van der Waals surface area (Å²) in [5, 5.41) is 3.01. The highest BCUT2D eigenvalue weighted by molar-refractivity contribution is 5.95. The van der Waals surface area contributed by atoms with Crippen molar-refractivity contribution in [3.05, 3.63) is 54.3 Å². The first-order valence-corrected chi connectivity index (χ1v) is 5.94. The number of guanidine groups is 1. The number of hydrogen-bond donors (Lipinski definition) is 3. The van der Waals surface area contributed by atoms with E-state index in [1.165, 1.54) is 25.3 Å². The third-order valence-electron chi connectivity index (χ3n) is 2.55. The molecule has 6 heteroatoms. The summed E-state index contributed by atoms with van der Waals surface area (Å²) in [6.07, 6.45) is 0. The van der Waals surface area contributed by atoms with Crippen molar-refractivity contribution in [3.63, 3.8) is 0 Å². The van der Waals surface area contributed by atoms with Gasteiger partial charge in [0.15, 0.2) is 0 Å². The highest BCUT2D eigenvalue weighted by atomic mass is 19.1. The van der Waals surface area contributed by atoms with Gasteiger partial charge in [-0.1, -0.05) is 18.2 Å². The Hall–Kier alpha value is -2.60. The molecule has 0 aliphatic carbocycles. The van der Waals surface area contributed by atoms with Crippen molar-refractivity contribution in [2.75, 3.05) is 12.4 Å². The predicted molar refractivity (Wildman–Crippen MR) is 77.4 cm³/mol. The van der Waals surface area contributed by atoms with E-state index in [2.05, 4.69) is 15.7 Å². The highest BCUT2D eigenvalue weighted by Crippen LogP contribution is 2.27. The van der Waals surface area contributed by atoms with Crippen LogP contribution < -0.4 is 21.3 Å². The van der Waals surface area contributed by atoms with Crippen LogP contribution in [0.4, 0.5) is 15.8 Å². The number of nitrogens with two attached hydrogens (primary N) is 1. The van der Waals surface area contributed by atoms with Gasteiger partial charge in [-0.3, -0.25) is 5.43 Å². The second-order valence-corrected chi connectivity index (χ2v) is 3.91. The van der Waals surface area contributed by atoms with Crippen molar-refractivity contribution in [1.82, 2.24) is 5.43 Å². The topological polar surface area (TPSA) is 71.7 Å². The summed E-state index contributed by atoms with van der Waals surface area (Å²) in [7, 11) is 1.45. The van der Waals surface area contributed by atoms with Gasteiger partial charge in [0, 0.05) is 11.8 Å². The number of anilines is 1. The standard InChI is InChI=1S/C14H15FN4O/c1-20-13-9-10(15)7-8-12(13)18-14(19-16)17-11-5-3-2-4-6-11/h2-9H,16H2,1H3,(H2,17,18,19). The zero-order valence-electron chi connectivity index (χ0n) is 10.9. The number of hydrazine groups is 1. The molecular formula is C14H15FN4O. The molecule has 4 N–H and O–H groups in total. The minimum Gasteiger partial charge on any atom is -0.494 e. The van der Waals surface area contributed by atoms with Crippen molar-refractivity contribution < 1.29 is 9.13 Å². The zero-order chi connectivity index (χ0) is 14.4. The summed E-state index contributed by atoms with van der Waals surface area (Å²) in [6.45, 7) is 0. The average Bonchev–Trinajstić information content (AvgIpc) is 2.49. The molecule has 0 fully saturated rings. The molecule has 0 bridgehead atoms. The largest absolute Gasteiger partial charge is 0.494 e. The lowest BCUT2D eigenvalue weighted by Crippen LogP contribution is -2.35. The number of methoxy groups -OCH3 is 1. The molecule has 0 saturated carbocycles. The van der Waals surface area contributed by atoms with Crippen LogP contribution in [0.3, 0.4) is 0 Å². The molecule has 0 aliphatic heterocycles. The molecule has 5 nitrogen and oxygen atoms in total. The maximum atomic E-state index is 13.1. The lowest BCUT2D eigenvalue weighted by molar-refractivity contribution is 0.412. The van der Waals surface area contributed by atoms with Crippen LogP contribution in [-0.2, 0) is 0 Å². The summed E-state index contributed by atoms with van der Waals surface area (Å²) >= 11 is 0. The predicted octanol–water partition coefficient (Wildman–Crippen LogP) is 2.40. The molecule has 104 valence electrons. The van der Waals surface area contributed by atoms with Crippen LogP contribution in [0, 0.1) is 5.82 Å². The van der Waals surface area contributed by atoms with E-state index >= 15 is 0 Å². The fourth-order valence-corrected chi connectivity index (χ4v) is 1.62. The van der Waals surface area contributed by atoms with E-state index in [0.717, 1.165) is 5.69 Å². The van der Waals surface area contributed by atoms with Gasteiger partial charge in [-0.05, 0) is 24.3 Å². The number of benzene rings is 2. The number of hydrogen-bond acceptors (Lipinski definition) is 3. The van der Waals surface area contributed by atoms with Crippen LogP contribution >= 0.6 is 0 Å². The molecule has 2 rings (SSSR count). The molecule has 0 radical (unpaired) electrons. The van der Waals surface area contributed by atoms with Gasteiger partial charge in [0.25, 0.3) is 0 Å². The number of ether oxygens (including phenoxy) is 1. The SMILES string of the molecule is COc1cc(F)ccc1N=C(NN)Nc1ccccc1. The van der Waals surface area contributed by atoms with Gasteiger partial charge in [-0.25, -0.2) is 15.2 Å². The van der Waals surface area contributed by atoms with Crippen molar-refractivity contribution >= 4 is 17.3 Å². The molecule has 2 aromatic carbocycles. The van der Waals surface area contributed by atoms with E-state index in [9.17, 15) is 4.39 Å². The van der Waals surface area contributed by atoms with E-state index in [4.69, 9.17) is 10.6 Å². The number of nitrogens with zero attached hydrogens (tertiary/aromatic N) is 1. The Kier molecular flexibility index (Phi) is 4.52. The Morgan fingerprint density at radius 1 is 1.20 bits per heavy atom. The third kappa shape index (κ3) is 3.46. The second kappa shape index (κ2) is 6.53. The monoisotopic (exact) mass is 274 g/mol. The Morgan fingerprint density at radius 2 is 1.95 bits per heavy atom. The van der Waals surface area contributed by atoms with E-state index in [1.54, 1.807) is 0 Å². The summed E-state index contributed by atoms with van der Waals surface area (Å²) < 4.78 is 18.2. The van der Waals surface area contributed by atoms with E-state index in [-0.39, 0.29) is 5.82 Å². The summed E-state index contributed by atoms with van der Waals surface area (Å²) in [4.78, 5) is 4.26. The summed E-state index contributed by atoms with van der Waals surface area (Å²) in [5.41, 5.74) is 3.74. The molecule has 0 heterocycles. The molecule has 0 spiro atoms. The third-order valence-corrected chi connectivity index (χ3v) is 2.55. The Labute approximate surface area is 116 Å². The van der Waals surface area contributed by atoms with E-state index < -0.39 is 0 Å². The van der Waals surface area contributed by atoms with Crippen LogP contribution in [0.25, 0.3) is 0 Å². The molecule has 20 heavy (non-hydrogen) atoms. The second-order valence-electron chi connectivity index (χ2n) is 3.91. The van der Waals surface area contributed by atoms with Crippen LogP contribution in [-0.4, -0.2) is 13.1 Å². The van der Waals surface area contributed by atoms with Crippen molar-refractivity contribution in [2.24, 2.45) is 10.8 Å². The first-order chi connectivity index (χ1) is 9.72. The van der Waals surface area contributed by atoms with Crippen LogP contribution in [0.2, 0.25) is 0 Å². The first-order valence-electron chi connectivity index (χ1n) is 5.94. The van der Waals surface area contributed by atoms with Gasteiger partial charge in [-0.2, -0.15) is 0 Å². The van der Waals surface area contributed by atoms with Crippen LogP contribution in [0.15, 0.2) is 53.5 Å². The lowest BCUT2D eigenvalue weighted by Gasteiger charge is -2.10. The number of halogens is 1. The number of para-hydroxylation sites is 1. The van der Waals surface area contributed by atoms with E-state index in [0.29, 0.717) is 17.4 Å². The molecular weight excluding hydrogens is 259 g/mol. The van der Waals surface area contributed by atoms with Gasteiger partial charge in [-0.15, -0.1) is 0 Å². The Balaban J connectivity index is 2.27. The van der Waals surface area contributed by atoms with Gasteiger partial charge in [0.2, 0.25) is 5.96 Å². The molecule has 0 amide bonds. The fourth-order valence-electron chi connectivity index (χ4n) is 1.62. The fraction of sp³-hybridized carbons (Fsp3) is 0.0714. The van der Waals surface area contributed by atoms with Crippen molar-refractivity contribution in [1.29, 1.82) is 0 Å². The lowest BCUT2D eigenvalue weighted by atomic mass is 10.3. The Morgan fingerprint density at radius 3 is 2.60 bits per heavy atom. The normalized spacial score (nSPS) is 11.1. The van der Waals surface area contributed by atoms with Gasteiger partial charge in [0.05, 0.1) is 7.11 Å². The molecule has 0 aromatic heterocycles. The van der Waals surface area contributed by atoms with E-state index in [1.807, 2.05) is 30.3 Å². The van der Waals surface area contributed by atoms with Crippen LogP contribution in [0.1, 0.15) is 0 Å². The van der Waals surface area contributed by atoms with Crippen molar-refractivity contribution in [2.45, 2.75) is 0 Å². The quantitative estimate of drug-likeness (QED) is 0.348. The van der Waals surface area contributed by atoms with Gasteiger partial charge in [0.1, 0.15) is 17.3 Å². The number of aliphatic imine (C=N–C) groups is 1. The first kappa shape index (κ1) is 13.8. The summed E-state index contributed by atoms with van der Waals surface area (Å²) in [5.74, 6) is 5.69. The molecule has 0 aliphatic rings. The minimum absolute atomic E-state index is 0.320.